The molecular formula is C12H15N5OS. The van der Waals surface area contributed by atoms with Crippen molar-refractivity contribution in [3.05, 3.63) is 18.2 Å². The van der Waals surface area contributed by atoms with Gasteiger partial charge in [-0.3, -0.25) is 9.69 Å². The SMILES string of the molecule is O=C(CN1CCNCC1)Nc1cccc2nsnc12. The first-order chi connectivity index (χ1) is 9.33. The van der Waals surface area contributed by atoms with E-state index >= 15 is 0 Å². The molecule has 0 radical (unpaired) electrons. The zero-order chi connectivity index (χ0) is 13.1. The molecule has 0 bridgehead atoms. The second kappa shape index (κ2) is 5.60. The summed E-state index contributed by atoms with van der Waals surface area (Å²) in [7, 11) is 0. The molecule has 100 valence electrons. The van der Waals surface area contributed by atoms with Gasteiger partial charge in [0.05, 0.1) is 24.0 Å². The number of nitrogens with zero attached hydrogens (tertiary/aromatic N) is 3. The van der Waals surface area contributed by atoms with Crippen LogP contribution in [0.25, 0.3) is 11.0 Å². The monoisotopic (exact) mass is 277 g/mol. The van der Waals surface area contributed by atoms with Crippen LogP contribution in [-0.4, -0.2) is 52.3 Å². The maximum atomic E-state index is 12.0. The van der Waals surface area contributed by atoms with Gasteiger partial charge in [0.15, 0.2) is 0 Å². The van der Waals surface area contributed by atoms with E-state index in [0.717, 1.165) is 54.6 Å². The third-order valence-corrected chi connectivity index (χ3v) is 3.68. The number of fused-ring (bicyclic) bond motifs is 1. The molecule has 1 aliphatic heterocycles. The Morgan fingerprint density at radius 1 is 1.37 bits per heavy atom. The summed E-state index contributed by atoms with van der Waals surface area (Å²) >= 11 is 1.16. The van der Waals surface area contributed by atoms with E-state index in [1.807, 2.05) is 18.2 Å². The highest BCUT2D eigenvalue weighted by Gasteiger charge is 2.14. The van der Waals surface area contributed by atoms with Crippen molar-refractivity contribution >= 4 is 34.4 Å². The van der Waals surface area contributed by atoms with Crippen LogP contribution in [0.5, 0.6) is 0 Å². The van der Waals surface area contributed by atoms with Crippen LogP contribution in [0.3, 0.4) is 0 Å². The fourth-order valence-electron chi connectivity index (χ4n) is 2.17. The summed E-state index contributed by atoms with van der Waals surface area (Å²) in [5.41, 5.74) is 2.33. The largest absolute Gasteiger partial charge is 0.323 e. The third kappa shape index (κ3) is 2.89. The van der Waals surface area contributed by atoms with E-state index < -0.39 is 0 Å². The highest BCUT2D eigenvalue weighted by molar-refractivity contribution is 7.00. The topological polar surface area (TPSA) is 70.2 Å². The lowest BCUT2D eigenvalue weighted by Crippen LogP contribution is -2.46. The van der Waals surface area contributed by atoms with E-state index in [0.29, 0.717) is 6.54 Å². The van der Waals surface area contributed by atoms with Gasteiger partial charge < -0.3 is 10.6 Å². The van der Waals surface area contributed by atoms with Gasteiger partial charge in [-0.1, -0.05) is 6.07 Å². The van der Waals surface area contributed by atoms with Crippen LogP contribution in [0, 0.1) is 0 Å². The zero-order valence-corrected chi connectivity index (χ0v) is 11.2. The zero-order valence-electron chi connectivity index (χ0n) is 10.4. The van der Waals surface area contributed by atoms with Crippen molar-refractivity contribution in [2.24, 2.45) is 0 Å². The van der Waals surface area contributed by atoms with Crippen molar-refractivity contribution in [3.8, 4) is 0 Å². The number of rotatable bonds is 3. The van der Waals surface area contributed by atoms with Crippen LogP contribution in [0.1, 0.15) is 0 Å². The molecule has 0 unspecified atom stereocenters. The lowest BCUT2D eigenvalue weighted by atomic mass is 10.2. The summed E-state index contributed by atoms with van der Waals surface area (Å²) in [5.74, 6) is 0.00222. The highest BCUT2D eigenvalue weighted by Crippen LogP contribution is 2.20. The van der Waals surface area contributed by atoms with Gasteiger partial charge in [-0.05, 0) is 12.1 Å². The van der Waals surface area contributed by atoms with Gasteiger partial charge >= 0.3 is 0 Å². The Morgan fingerprint density at radius 3 is 3.05 bits per heavy atom. The minimum Gasteiger partial charge on any atom is -0.323 e. The molecule has 1 aromatic carbocycles. The number of benzene rings is 1. The Morgan fingerprint density at radius 2 is 2.21 bits per heavy atom. The molecule has 0 atom stereocenters. The lowest BCUT2D eigenvalue weighted by Gasteiger charge is -2.26. The number of carbonyl (C=O) groups is 1. The molecule has 3 rings (SSSR count). The first-order valence-electron chi connectivity index (χ1n) is 6.27. The summed E-state index contributed by atoms with van der Waals surface area (Å²) in [5, 5.41) is 6.19. The summed E-state index contributed by atoms with van der Waals surface area (Å²) < 4.78 is 8.37. The third-order valence-electron chi connectivity index (χ3n) is 3.14. The van der Waals surface area contributed by atoms with Crippen molar-refractivity contribution in [2.45, 2.75) is 0 Å². The smallest absolute Gasteiger partial charge is 0.238 e. The molecule has 2 aromatic rings. The Labute approximate surface area is 115 Å². The second-order valence-electron chi connectivity index (χ2n) is 4.51. The average Bonchev–Trinajstić information content (AvgIpc) is 2.89. The van der Waals surface area contributed by atoms with E-state index in [1.165, 1.54) is 0 Å². The molecule has 1 aliphatic rings. The van der Waals surface area contributed by atoms with Crippen LogP contribution < -0.4 is 10.6 Å². The van der Waals surface area contributed by atoms with Gasteiger partial charge in [-0.15, -0.1) is 0 Å². The van der Waals surface area contributed by atoms with Crippen molar-refractivity contribution < 1.29 is 4.79 Å². The van der Waals surface area contributed by atoms with Gasteiger partial charge in [0.1, 0.15) is 11.0 Å². The Kier molecular flexibility index (Phi) is 3.67. The van der Waals surface area contributed by atoms with Gasteiger partial charge in [-0.2, -0.15) is 8.75 Å². The quantitative estimate of drug-likeness (QED) is 0.856. The van der Waals surface area contributed by atoms with Gasteiger partial charge in [0.25, 0.3) is 0 Å². The van der Waals surface area contributed by atoms with Gasteiger partial charge in [-0.25, -0.2) is 0 Å². The van der Waals surface area contributed by atoms with Crippen LogP contribution in [-0.2, 0) is 4.79 Å². The van der Waals surface area contributed by atoms with Crippen molar-refractivity contribution in [2.75, 3.05) is 38.0 Å². The lowest BCUT2D eigenvalue weighted by molar-refractivity contribution is -0.117. The Balaban J connectivity index is 1.67. The number of hydrogen-bond acceptors (Lipinski definition) is 6. The Bertz CT molecular complexity index is 578. The van der Waals surface area contributed by atoms with Gasteiger partial charge in [0, 0.05) is 26.2 Å². The van der Waals surface area contributed by atoms with Crippen molar-refractivity contribution in [1.82, 2.24) is 19.0 Å². The molecule has 1 fully saturated rings. The molecule has 0 saturated carbocycles. The molecule has 7 heteroatoms. The normalized spacial score (nSPS) is 16.6. The van der Waals surface area contributed by atoms with Crippen molar-refractivity contribution in [3.63, 3.8) is 0 Å². The fraction of sp³-hybridized carbons (Fsp3) is 0.417. The number of carbonyl (C=O) groups excluding carboxylic acids is 1. The number of anilines is 1. The number of nitrogens with one attached hydrogen (secondary N) is 2. The highest BCUT2D eigenvalue weighted by atomic mass is 32.1. The standard InChI is InChI=1S/C12H15N5OS/c18-11(8-17-6-4-13-5-7-17)14-9-2-1-3-10-12(9)16-19-15-10/h1-3,13H,4-8H2,(H,14,18). The molecule has 1 amide bonds. The second-order valence-corrected chi connectivity index (χ2v) is 5.04. The van der Waals surface area contributed by atoms with Crippen LogP contribution in [0.4, 0.5) is 5.69 Å². The molecule has 0 spiro atoms. The molecule has 0 aliphatic carbocycles. The van der Waals surface area contributed by atoms with Crippen LogP contribution in [0.15, 0.2) is 18.2 Å². The molecular weight excluding hydrogens is 262 g/mol. The Hall–Kier alpha value is -1.57. The molecule has 2 N–H and O–H groups in total. The molecule has 1 saturated heterocycles. The molecule has 6 nitrogen and oxygen atoms in total. The maximum Gasteiger partial charge on any atom is 0.238 e. The minimum atomic E-state index is 0.00222. The first-order valence-corrected chi connectivity index (χ1v) is 7.00. The number of hydrogen-bond donors (Lipinski definition) is 2. The van der Waals surface area contributed by atoms with Crippen LogP contribution in [0.2, 0.25) is 0 Å². The minimum absolute atomic E-state index is 0.00222. The van der Waals surface area contributed by atoms with E-state index in [-0.39, 0.29) is 5.91 Å². The average molecular weight is 277 g/mol. The molecule has 19 heavy (non-hydrogen) atoms. The van der Waals surface area contributed by atoms with Crippen LogP contribution >= 0.6 is 11.7 Å². The molecule has 2 heterocycles. The van der Waals surface area contributed by atoms with Gasteiger partial charge in [0.2, 0.25) is 5.91 Å². The number of amides is 1. The fourth-order valence-corrected chi connectivity index (χ4v) is 2.72. The summed E-state index contributed by atoms with van der Waals surface area (Å²) in [4.78, 5) is 14.2. The van der Waals surface area contributed by atoms with E-state index in [2.05, 4.69) is 24.3 Å². The predicted molar refractivity (Wildman–Crippen MR) is 75.4 cm³/mol. The first kappa shape index (κ1) is 12.5. The predicted octanol–water partition coefficient (Wildman–Crippen LogP) is 0.535. The summed E-state index contributed by atoms with van der Waals surface area (Å²) in [6.45, 7) is 4.14. The number of aromatic nitrogens is 2. The molecule has 1 aromatic heterocycles. The summed E-state index contributed by atoms with van der Waals surface area (Å²) in [6.07, 6.45) is 0. The van der Waals surface area contributed by atoms with Crippen molar-refractivity contribution in [1.29, 1.82) is 0 Å². The van der Waals surface area contributed by atoms with E-state index in [4.69, 9.17) is 0 Å². The maximum absolute atomic E-state index is 12.0. The number of piperazine rings is 1. The summed E-state index contributed by atoms with van der Waals surface area (Å²) in [6, 6.07) is 5.63. The van der Waals surface area contributed by atoms with E-state index in [1.54, 1.807) is 0 Å². The van der Waals surface area contributed by atoms with E-state index in [9.17, 15) is 4.79 Å².